The Kier molecular flexibility index (Phi) is 3.63. The zero-order valence-corrected chi connectivity index (χ0v) is 10.4. The first-order valence-electron chi connectivity index (χ1n) is 5.26. The first-order valence-corrected chi connectivity index (χ1v) is 5.64. The van der Waals surface area contributed by atoms with Crippen molar-refractivity contribution in [1.29, 1.82) is 0 Å². The quantitative estimate of drug-likeness (QED) is 0.790. The van der Waals surface area contributed by atoms with Crippen LogP contribution < -0.4 is 4.74 Å². The van der Waals surface area contributed by atoms with Crippen molar-refractivity contribution in [3.05, 3.63) is 64.4 Å². The summed E-state index contributed by atoms with van der Waals surface area (Å²) in [5, 5.41) is -0.0734. The number of hydrogen-bond acceptors (Lipinski definition) is 2. The standard InChI is InChI=1S/C14H10ClFO2/c1-18-13-5-3-2-4-10(13)14(17)9-6-7-12(16)11(15)8-9/h2-8H,1H3. The molecular weight excluding hydrogens is 255 g/mol. The smallest absolute Gasteiger partial charge is 0.196 e. The van der Waals surface area contributed by atoms with Crippen molar-refractivity contribution in [3.63, 3.8) is 0 Å². The van der Waals surface area contributed by atoms with Crippen LogP contribution in [0.1, 0.15) is 15.9 Å². The Morgan fingerprint density at radius 3 is 2.61 bits per heavy atom. The maximum Gasteiger partial charge on any atom is 0.196 e. The number of benzene rings is 2. The molecule has 0 amide bonds. The van der Waals surface area contributed by atoms with Crippen LogP contribution in [-0.4, -0.2) is 12.9 Å². The lowest BCUT2D eigenvalue weighted by Gasteiger charge is -2.07. The topological polar surface area (TPSA) is 26.3 Å². The van der Waals surface area contributed by atoms with Gasteiger partial charge in [-0.15, -0.1) is 0 Å². The van der Waals surface area contributed by atoms with Gasteiger partial charge in [-0.25, -0.2) is 4.39 Å². The largest absolute Gasteiger partial charge is 0.496 e. The number of carbonyl (C=O) groups is 1. The third-order valence-corrected chi connectivity index (χ3v) is 2.82. The van der Waals surface area contributed by atoms with Gasteiger partial charge in [-0.3, -0.25) is 4.79 Å². The summed E-state index contributed by atoms with van der Waals surface area (Å²) in [6, 6.07) is 10.7. The first-order chi connectivity index (χ1) is 8.63. The van der Waals surface area contributed by atoms with E-state index in [1.54, 1.807) is 24.3 Å². The maximum atomic E-state index is 13.0. The molecular formula is C14H10ClFO2. The molecule has 0 N–H and O–H groups in total. The molecule has 0 aliphatic carbocycles. The highest BCUT2D eigenvalue weighted by Crippen LogP contribution is 2.23. The predicted molar refractivity (Wildman–Crippen MR) is 67.8 cm³/mol. The third kappa shape index (κ3) is 2.36. The number of ether oxygens (including phenoxy) is 1. The molecule has 0 fully saturated rings. The molecule has 92 valence electrons. The van der Waals surface area contributed by atoms with E-state index in [0.29, 0.717) is 16.9 Å². The normalized spacial score (nSPS) is 10.2. The van der Waals surface area contributed by atoms with Gasteiger partial charge in [0.25, 0.3) is 0 Å². The molecule has 0 spiro atoms. The van der Waals surface area contributed by atoms with Gasteiger partial charge in [-0.05, 0) is 30.3 Å². The van der Waals surface area contributed by atoms with Crippen molar-refractivity contribution in [1.82, 2.24) is 0 Å². The lowest BCUT2D eigenvalue weighted by molar-refractivity contribution is 0.103. The molecule has 0 heterocycles. The molecule has 0 aromatic heterocycles. The Labute approximate surface area is 109 Å². The molecule has 2 aromatic carbocycles. The summed E-state index contributed by atoms with van der Waals surface area (Å²) in [5.74, 6) is -0.328. The Hall–Kier alpha value is -1.87. The van der Waals surface area contributed by atoms with Gasteiger partial charge in [0.2, 0.25) is 0 Å². The highest BCUT2D eigenvalue weighted by molar-refractivity contribution is 6.31. The molecule has 0 radical (unpaired) electrons. The second kappa shape index (κ2) is 5.19. The molecule has 2 rings (SSSR count). The molecule has 0 aliphatic rings. The van der Waals surface area contributed by atoms with E-state index in [9.17, 15) is 9.18 Å². The van der Waals surface area contributed by atoms with Gasteiger partial charge in [-0.1, -0.05) is 23.7 Å². The molecule has 0 atom stereocenters. The zero-order valence-electron chi connectivity index (χ0n) is 9.61. The molecule has 0 unspecified atom stereocenters. The number of halogens is 2. The lowest BCUT2D eigenvalue weighted by atomic mass is 10.0. The van der Waals surface area contributed by atoms with Crippen LogP contribution in [0.25, 0.3) is 0 Å². The summed E-state index contributed by atoms with van der Waals surface area (Å²) < 4.78 is 18.2. The molecule has 0 bridgehead atoms. The van der Waals surface area contributed by atoms with Crippen molar-refractivity contribution in [3.8, 4) is 5.75 Å². The van der Waals surface area contributed by atoms with Gasteiger partial charge in [0, 0.05) is 5.56 Å². The Morgan fingerprint density at radius 2 is 1.94 bits per heavy atom. The van der Waals surface area contributed by atoms with Gasteiger partial charge >= 0.3 is 0 Å². The van der Waals surface area contributed by atoms with Crippen LogP contribution in [0.15, 0.2) is 42.5 Å². The zero-order chi connectivity index (χ0) is 13.1. The second-order valence-electron chi connectivity index (χ2n) is 3.66. The molecule has 2 nitrogen and oxygen atoms in total. The van der Waals surface area contributed by atoms with Crippen molar-refractivity contribution < 1.29 is 13.9 Å². The van der Waals surface area contributed by atoms with E-state index in [1.165, 1.54) is 25.3 Å². The molecule has 0 saturated heterocycles. The number of carbonyl (C=O) groups excluding carboxylic acids is 1. The Bertz CT molecular complexity index is 596. The number of hydrogen-bond donors (Lipinski definition) is 0. The van der Waals surface area contributed by atoms with E-state index in [4.69, 9.17) is 16.3 Å². The highest BCUT2D eigenvalue weighted by Gasteiger charge is 2.15. The third-order valence-electron chi connectivity index (χ3n) is 2.53. The maximum absolute atomic E-state index is 13.0. The van der Waals surface area contributed by atoms with Crippen molar-refractivity contribution in [2.45, 2.75) is 0 Å². The fraction of sp³-hybridized carbons (Fsp3) is 0.0714. The van der Waals surface area contributed by atoms with Crippen LogP contribution in [0, 0.1) is 5.82 Å². The number of para-hydroxylation sites is 1. The second-order valence-corrected chi connectivity index (χ2v) is 4.07. The van der Waals surface area contributed by atoms with Crippen LogP contribution in [-0.2, 0) is 0 Å². The summed E-state index contributed by atoms with van der Waals surface area (Å²) in [6.07, 6.45) is 0. The van der Waals surface area contributed by atoms with Crippen molar-refractivity contribution >= 4 is 17.4 Å². The number of rotatable bonds is 3. The molecule has 0 saturated carbocycles. The van der Waals surface area contributed by atoms with E-state index in [1.807, 2.05) is 0 Å². The van der Waals surface area contributed by atoms with Crippen LogP contribution >= 0.6 is 11.6 Å². The minimum absolute atomic E-state index is 0.0734. The van der Waals surface area contributed by atoms with Crippen LogP contribution in [0.4, 0.5) is 4.39 Å². The van der Waals surface area contributed by atoms with E-state index in [2.05, 4.69) is 0 Å². The molecule has 0 aliphatic heterocycles. The molecule has 18 heavy (non-hydrogen) atoms. The first kappa shape index (κ1) is 12.6. The number of ketones is 1. The lowest BCUT2D eigenvalue weighted by Crippen LogP contribution is -2.04. The Balaban J connectivity index is 2.44. The molecule has 2 aromatic rings. The fourth-order valence-electron chi connectivity index (χ4n) is 1.63. The SMILES string of the molecule is COc1ccccc1C(=O)c1ccc(F)c(Cl)c1. The van der Waals surface area contributed by atoms with Crippen LogP contribution in [0.3, 0.4) is 0 Å². The van der Waals surface area contributed by atoms with Gasteiger partial charge in [0.05, 0.1) is 17.7 Å². The van der Waals surface area contributed by atoms with Gasteiger partial charge in [0.15, 0.2) is 5.78 Å². The van der Waals surface area contributed by atoms with E-state index < -0.39 is 5.82 Å². The monoisotopic (exact) mass is 264 g/mol. The average Bonchev–Trinajstić information content (AvgIpc) is 2.41. The van der Waals surface area contributed by atoms with E-state index >= 15 is 0 Å². The van der Waals surface area contributed by atoms with E-state index in [0.717, 1.165) is 0 Å². The molecule has 4 heteroatoms. The number of methoxy groups -OCH3 is 1. The van der Waals surface area contributed by atoms with Crippen LogP contribution in [0.2, 0.25) is 5.02 Å². The predicted octanol–water partition coefficient (Wildman–Crippen LogP) is 3.72. The Morgan fingerprint density at radius 1 is 1.22 bits per heavy atom. The summed E-state index contributed by atoms with van der Waals surface area (Å²) in [6.45, 7) is 0. The fourth-order valence-corrected chi connectivity index (χ4v) is 1.81. The summed E-state index contributed by atoms with van der Waals surface area (Å²) in [5.41, 5.74) is 0.744. The minimum Gasteiger partial charge on any atom is -0.496 e. The summed E-state index contributed by atoms with van der Waals surface area (Å²) in [4.78, 5) is 12.2. The van der Waals surface area contributed by atoms with Gasteiger partial charge < -0.3 is 4.74 Å². The highest BCUT2D eigenvalue weighted by atomic mass is 35.5. The van der Waals surface area contributed by atoms with Crippen LogP contribution in [0.5, 0.6) is 5.75 Å². The van der Waals surface area contributed by atoms with Gasteiger partial charge in [0.1, 0.15) is 11.6 Å². The van der Waals surface area contributed by atoms with Gasteiger partial charge in [-0.2, -0.15) is 0 Å². The minimum atomic E-state index is -0.548. The van der Waals surface area contributed by atoms with E-state index in [-0.39, 0.29) is 10.8 Å². The average molecular weight is 265 g/mol. The summed E-state index contributed by atoms with van der Waals surface area (Å²) >= 11 is 5.66. The van der Waals surface area contributed by atoms with Crippen molar-refractivity contribution in [2.24, 2.45) is 0 Å². The summed E-state index contributed by atoms with van der Waals surface area (Å²) in [7, 11) is 1.49. The van der Waals surface area contributed by atoms with Crippen molar-refractivity contribution in [2.75, 3.05) is 7.11 Å².